The third-order valence-corrected chi connectivity index (χ3v) is 3.07. The van der Waals surface area contributed by atoms with Crippen LogP contribution >= 0.6 is 0 Å². The van der Waals surface area contributed by atoms with Crippen molar-refractivity contribution in [3.63, 3.8) is 0 Å². The normalized spacial score (nSPS) is 13.1. The maximum Gasteiger partial charge on any atom is 0.254 e. The highest BCUT2D eigenvalue weighted by Gasteiger charge is 2.09. The lowest BCUT2D eigenvalue weighted by molar-refractivity contribution is 0.390. The van der Waals surface area contributed by atoms with Crippen LogP contribution in [-0.2, 0) is 6.42 Å². The molecule has 0 saturated carbocycles. The minimum atomic E-state index is 0.377. The van der Waals surface area contributed by atoms with Crippen molar-refractivity contribution >= 4 is 11.6 Å². The topological polar surface area (TPSA) is 58.4 Å². The minimum Gasteiger partial charge on any atom is -0.367 e. The highest BCUT2D eigenvalue weighted by Crippen LogP contribution is 2.13. The van der Waals surface area contributed by atoms with Gasteiger partial charge in [0.15, 0.2) is 0 Å². The molecule has 2 heterocycles. The molecule has 104 valence electrons. The van der Waals surface area contributed by atoms with Crippen LogP contribution in [0.4, 0.5) is 5.82 Å². The molecular formula is C13H22N6. The molecule has 0 saturated heterocycles. The Bertz CT molecular complexity index is 533. The van der Waals surface area contributed by atoms with Crippen LogP contribution in [0.25, 0.3) is 5.78 Å². The molecule has 1 atom stereocenters. The predicted octanol–water partition coefficient (Wildman–Crippen LogP) is 1.44. The largest absolute Gasteiger partial charge is 0.367 e. The van der Waals surface area contributed by atoms with E-state index in [1.165, 1.54) is 6.33 Å². The summed E-state index contributed by atoms with van der Waals surface area (Å²) < 4.78 is 1.76. The van der Waals surface area contributed by atoms with Gasteiger partial charge in [0.1, 0.15) is 12.1 Å². The second-order valence-electron chi connectivity index (χ2n) is 5.10. The summed E-state index contributed by atoms with van der Waals surface area (Å²) in [6.45, 7) is 5.33. The highest BCUT2D eigenvalue weighted by molar-refractivity contribution is 5.45. The zero-order valence-corrected chi connectivity index (χ0v) is 12.1. The van der Waals surface area contributed by atoms with Crippen molar-refractivity contribution < 1.29 is 0 Å². The van der Waals surface area contributed by atoms with E-state index in [1.54, 1.807) is 4.52 Å². The smallest absolute Gasteiger partial charge is 0.254 e. The van der Waals surface area contributed by atoms with Gasteiger partial charge < -0.3 is 10.2 Å². The number of nitrogens with one attached hydrogen (secondary N) is 1. The maximum atomic E-state index is 4.44. The fraction of sp³-hybridized carbons (Fsp3) is 0.615. The molecule has 19 heavy (non-hydrogen) atoms. The quantitative estimate of drug-likeness (QED) is 0.853. The van der Waals surface area contributed by atoms with Gasteiger partial charge in [0.2, 0.25) is 0 Å². The number of anilines is 1. The monoisotopic (exact) mass is 262 g/mol. The Balaban J connectivity index is 2.16. The number of aryl methyl sites for hydroxylation is 1. The van der Waals surface area contributed by atoms with Gasteiger partial charge in [-0.1, -0.05) is 6.92 Å². The molecule has 1 N–H and O–H groups in total. The van der Waals surface area contributed by atoms with Gasteiger partial charge in [-0.3, -0.25) is 0 Å². The Morgan fingerprint density at radius 3 is 2.89 bits per heavy atom. The van der Waals surface area contributed by atoms with Crippen LogP contribution in [0.1, 0.15) is 26.0 Å². The van der Waals surface area contributed by atoms with Gasteiger partial charge in [-0.05, 0) is 40.4 Å². The molecule has 0 aliphatic heterocycles. The molecule has 2 aromatic rings. The van der Waals surface area contributed by atoms with E-state index < -0.39 is 0 Å². The first-order valence-corrected chi connectivity index (χ1v) is 6.71. The second-order valence-corrected chi connectivity index (χ2v) is 5.10. The maximum absolute atomic E-state index is 4.44. The predicted molar refractivity (Wildman–Crippen MR) is 76.4 cm³/mol. The molecule has 0 amide bonds. The third kappa shape index (κ3) is 3.41. The molecule has 6 nitrogen and oxygen atoms in total. The van der Waals surface area contributed by atoms with Crippen molar-refractivity contribution in [3.05, 3.63) is 18.1 Å². The summed E-state index contributed by atoms with van der Waals surface area (Å²) in [5, 5.41) is 7.71. The number of fused-ring (bicyclic) bond motifs is 1. The molecular weight excluding hydrogens is 240 g/mol. The molecule has 0 radical (unpaired) electrons. The Kier molecular flexibility index (Phi) is 4.31. The fourth-order valence-corrected chi connectivity index (χ4v) is 1.92. The second kappa shape index (κ2) is 5.97. The van der Waals surface area contributed by atoms with E-state index in [4.69, 9.17) is 0 Å². The Labute approximate surface area is 113 Å². The van der Waals surface area contributed by atoms with Gasteiger partial charge in [-0.2, -0.15) is 14.6 Å². The summed E-state index contributed by atoms with van der Waals surface area (Å²) in [7, 11) is 4.17. The van der Waals surface area contributed by atoms with Crippen molar-refractivity contribution in [2.75, 3.05) is 26.0 Å². The van der Waals surface area contributed by atoms with Crippen LogP contribution in [0.15, 0.2) is 12.4 Å². The molecule has 0 aliphatic rings. The lowest BCUT2D eigenvalue weighted by Gasteiger charge is -2.18. The van der Waals surface area contributed by atoms with Crippen molar-refractivity contribution in [2.45, 2.75) is 32.7 Å². The van der Waals surface area contributed by atoms with E-state index in [0.717, 1.165) is 30.9 Å². The molecule has 0 spiro atoms. The van der Waals surface area contributed by atoms with Crippen LogP contribution < -0.4 is 5.32 Å². The zero-order chi connectivity index (χ0) is 13.8. The van der Waals surface area contributed by atoms with Crippen molar-refractivity contribution in [1.29, 1.82) is 0 Å². The SMILES string of the molecule is CCc1cc(NC(C)CCN(C)C)n2ncnc2n1. The molecule has 0 bridgehead atoms. The van der Waals surface area contributed by atoms with Crippen LogP contribution in [0.3, 0.4) is 0 Å². The first-order chi connectivity index (χ1) is 9.10. The highest BCUT2D eigenvalue weighted by atomic mass is 15.4. The van der Waals surface area contributed by atoms with Crippen LogP contribution in [0, 0.1) is 0 Å². The number of nitrogens with zero attached hydrogens (tertiary/aromatic N) is 5. The number of aromatic nitrogens is 4. The molecule has 1 unspecified atom stereocenters. The van der Waals surface area contributed by atoms with Gasteiger partial charge in [0.25, 0.3) is 5.78 Å². The standard InChI is InChI=1S/C13H22N6/c1-5-11-8-12(16-10(2)6-7-18(3)4)19-13(17-11)14-9-15-19/h8-10,16H,5-7H2,1-4H3. The summed E-state index contributed by atoms with van der Waals surface area (Å²) in [6.07, 6.45) is 3.51. The van der Waals surface area contributed by atoms with E-state index in [9.17, 15) is 0 Å². The van der Waals surface area contributed by atoms with Crippen molar-refractivity contribution in [3.8, 4) is 0 Å². The van der Waals surface area contributed by atoms with Gasteiger partial charge in [0.05, 0.1) is 0 Å². The summed E-state index contributed by atoms with van der Waals surface area (Å²) in [5.41, 5.74) is 1.03. The van der Waals surface area contributed by atoms with E-state index in [-0.39, 0.29) is 0 Å². The molecule has 2 aromatic heterocycles. The Morgan fingerprint density at radius 2 is 2.21 bits per heavy atom. The molecule has 0 aromatic carbocycles. The molecule has 0 fully saturated rings. The first-order valence-electron chi connectivity index (χ1n) is 6.71. The number of hydrogen-bond donors (Lipinski definition) is 1. The number of hydrogen-bond acceptors (Lipinski definition) is 5. The fourth-order valence-electron chi connectivity index (χ4n) is 1.92. The minimum absolute atomic E-state index is 0.377. The molecule has 0 aliphatic carbocycles. The lowest BCUT2D eigenvalue weighted by atomic mass is 10.2. The van der Waals surface area contributed by atoms with E-state index in [0.29, 0.717) is 11.8 Å². The molecule has 2 rings (SSSR count). The van der Waals surface area contributed by atoms with Crippen LogP contribution in [0.5, 0.6) is 0 Å². The van der Waals surface area contributed by atoms with E-state index in [2.05, 4.69) is 53.2 Å². The Morgan fingerprint density at radius 1 is 1.42 bits per heavy atom. The average Bonchev–Trinajstić information content (AvgIpc) is 2.84. The number of rotatable bonds is 6. The summed E-state index contributed by atoms with van der Waals surface area (Å²) in [5.74, 6) is 1.62. The Hall–Kier alpha value is -1.69. The van der Waals surface area contributed by atoms with E-state index in [1.807, 2.05) is 6.07 Å². The van der Waals surface area contributed by atoms with Gasteiger partial charge in [-0.15, -0.1) is 0 Å². The lowest BCUT2D eigenvalue weighted by Crippen LogP contribution is -2.24. The van der Waals surface area contributed by atoms with Gasteiger partial charge >= 0.3 is 0 Å². The summed E-state index contributed by atoms with van der Waals surface area (Å²) in [4.78, 5) is 10.8. The summed E-state index contributed by atoms with van der Waals surface area (Å²) in [6, 6.07) is 2.43. The van der Waals surface area contributed by atoms with Gasteiger partial charge in [-0.25, -0.2) is 4.98 Å². The third-order valence-electron chi connectivity index (χ3n) is 3.07. The van der Waals surface area contributed by atoms with Crippen molar-refractivity contribution in [1.82, 2.24) is 24.5 Å². The first kappa shape index (κ1) is 13.7. The zero-order valence-electron chi connectivity index (χ0n) is 12.1. The summed E-state index contributed by atoms with van der Waals surface area (Å²) >= 11 is 0. The van der Waals surface area contributed by atoms with Crippen LogP contribution in [0.2, 0.25) is 0 Å². The van der Waals surface area contributed by atoms with E-state index >= 15 is 0 Å². The van der Waals surface area contributed by atoms with Gasteiger partial charge in [0, 0.05) is 17.8 Å². The van der Waals surface area contributed by atoms with Crippen LogP contribution in [-0.4, -0.2) is 51.2 Å². The van der Waals surface area contributed by atoms with Crippen molar-refractivity contribution in [2.24, 2.45) is 0 Å². The average molecular weight is 262 g/mol. The molecule has 6 heteroatoms.